The van der Waals surface area contributed by atoms with Gasteiger partial charge in [0.2, 0.25) is 0 Å². The SMILES string of the molecule is O=C1c2cccc(-c3cc[nH]n3)c2CN1CCc1cn2ccccc2n1. The summed E-state index contributed by atoms with van der Waals surface area (Å²) < 4.78 is 2.01. The van der Waals surface area contributed by atoms with Crippen LogP contribution < -0.4 is 0 Å². The zero-order valence-electron chi connectivity index (χ0n) is 14.1. The van der Waals surface area contributed by atoms with Crippen molar-refractivity contribution >= 4 is 11.6 Å². The maximum Gasteiger partial charge on any atom is 0.254 e. The number of carbonyl (C=O) groups excluding carboxylic acids is 1. The lowest BCUT2D eigenvalue weighted by Gasteiger charge is -2.14. The van der Waals surface area contributed by atoms with Gasteiger partial charge in [-0.1, -0.05) is 18.2 Å². The molecule has 1 aliphatic heterocycles. The summed E-state index contributed by atoms with van der Waals surface area (Å²) in [6.07, 6.45) is 6.54. The molecule has 26 heavy (non-hydrogen) atoms. The van der Waals surface area contributed by atoms with Gasteiger partial charge in [-0.25, -0.2) is 4.98 Å². The number of nitrogens with one attached hydrogen (secondary N) is 1. The molecule has 1 amide bonds. The number of rotatable bonds is 4. The Morgan fingerprint density at radius 1 is 1.08 bits per heavy atom. The summed E-state index contributed by atoms with van der Waals surface area (Å²) in [5.41, 5.74) is 5.65. The lowest BCUT2D eigenvalue weighted by Crippen LogP contribution is -2.26. The van der Waals surface area contributed by atoms with Crippen molar-refractivity contribution in [3.63, 3.8) is 0 Å². The number of amides is 1. The molecule has 1 N–H and O–H groups in total. The van der Waals surface area contributed by atoms with Crippen LogP contribution in [0.1, 0.15) is 21.6 Å². The van der Waals surface area contributed by atoms with Crippen LogP contribution in [0.3, 0.4) is 0 Å². The Hall–Kier alpha value is -3.41. The minimum Gasteiger partial charge on any atom is -0.334 e. The van der Waals surface area contributed by atoms with Crippen molar-refractivity contribution in [1.29, 1.82) is 0 Å². The average molecular weight is 343 g/mol. The van der Waals surface area contributed by atoms with Crippen molar-refractivity contribution in [2.75, 3.05) is 6.54 Å². The van der Waals surface area contributed by atoms with E-state index in [1.807, 2.05) is 64.2 Å². The summed E-state index contributed by atoms with van der Waals surface area (Å²) in [6, 6.07) is 13.7. The van der Waals surface area contributed by atoms with E-state index in [0.29, 0.717) is 13.1 Å². The Labute approximate surface area is 150 Å². The van der Waals surface area contributed by atoms with Gasteiger partial charge < -0.3 is 9.30 Å². The molecule has 6 nitrogen and oxygen atoms in total. The van der Waals surface area contributed by atoms with Gasteiger partial charge in [0.25, 0.3) is 5.91 Å². The van der Waals surface area contributed by atoms with Gasteiger partial charge in [-0.15, -0.1) is 0 Å². The van der Waals surface area contributed by atoms with Gasteiger partial charge in [0.15, 0.2) is 0 Å². The molecule has 3 aromatic heterocycles. The zero-order valence-corrected chi connectivity index (χ0v) is 14.1. The third kappa shape index (κ3) is 2.38. The van der Waals surface area contributed by atoms with Crippen LogP contribution in [0.5, 0.6) is 0 Å². The highest BCUT2D eigenvalue weighted by Crippen LogP contribution is 2.31. The largest absolute Gasteiger partial charge is 0.334 e. The van der Waals surface area contributed by atoms with E-state index in [-0.39, 0.29) is 5.91 Å². The Morgan fingerprint density at radius 2 is 2.00 bits per heavy atom. The van der Waals surface area contributed by atoms with E-state index >= 15 is 0 Å². The van der Waals surface area contributed by atoms with E-state index in [2.05, 4.69) is 15.2 Å². The summed E-state index contributed by atoms with van der Waals surface area (Å²) in [6.45, 7) is 1.27. The second kappa shape index (κ2) is 5.84. The molecular formula is C20H17N5O. The van der Waals surface area contributed by atoms with Crippen molar-refractivity contribution in [1.82, 2.24) is 24.5 Å². The van der Waals surface area contributed by atoms with Crippen LogP contribution in [-0.4, -0.2) is 36.9 Å². The van der Waals surface area contributed by atoms with E-state index in [0.717, 1.165) is 40.1 Å². The number of hydrogen-bond acceptors (Lipinski definition) is 3. The molecule has 4 heterocycles. The molecule has 0 fully saturated rings. The predicted molar refractivity (Wildman–Crippen MR) is 97.7 cm³/mol. The van der Waals surface area contributed by atoms with E-state index in [4.69, 9.17) is 0 Å². The first-order chi connectivity index (χ1) is 12.8. The second-order valence-electron chi connectivity index (χ2n) is 6.47. The number of pyridine rings is 1. The Bertz CT molecular complexity index is 1060. The molecule has 5 rings (SSSR count). The number of hydrogen-bond donors (Lipinski definition) is 1. The second-order valence-corrected chi connectivity index (χ2v) is 6.47. The molecule has 0 bridgehead atoms. The van der Waals surface area contributed by atoms with Crippen molar-refractivity contribution in [3.05, 3.63) is 77.9 Å². The predicted octanol–water partition coefficient (Wildman–Crippen LogP) is 2.92. The van der Waals surface area contributed by atoms with Crippen molar-refractivity contribution in [2.24, 2.45) is 0 Å². The fraction of sp³-hybridized carbons (Fsp3) is 0.150. The molecule has 6 heteroatoms. The highest BCUT2D eigenvalue weighted by Gasteiger charge is 2.29. The molecule has 1 aliphatic rings. The Morgan fingerprint density at radius 3 is 2.85 bits per heavy atom. The Balaban J connectivity index is 1.38. The zero-order chi connectivity index (χ0) is 17.5. The lowest BCUT2D eigenvalue weighted by molar-refractivity contribution is 0.0780. The van der Waals surface area contributed by atoms with Crippen molar-refractivity contribution in [2.45, 2.75) is 13.0 Å². The fourth-order valence-corrected chi connectivity index (χ4v) is 3.58. The molecule has 1 aromatic carbocycles. The number of aromatic amines is 1. The number of carbonyl (C=O) groups is 1. The number of imidazole rings is 1. The van der Waals surface area contributed by atoms with E-state index in [1.54, 1.807) is 6.20 Å². The summed E-state index contributed by atoms with van der Waals surface area (Å²) in [5, 5.41) is 7.11. The number of H-pyrrole nitrogens is 1. The molecule has 0 saturated heterocycles. The third-order valence-electron chi connectivity index (χ3n) is 4.87. The summed E-state index contributed by atoms with van der Waals surface area (Å²) in [7, 11) is 0. The van der Waals surface area contributed by atoms with Gasteiger partial charge in [-0.2, -0.15) is 5.10 Å². The van der Waals surface area contributed by atoms with Crippen LogP contribution in [0.15, 0.2) is 61.1 Å². The number of fused-ring (bicyclic) bond motifs is 2. The topological polar surface area (TPSA) is 66.3 Å². The molecule has 0 atom stereocenters. The summed E-state index contributed by atoms with van der Waals surface area (Å²) in [4.78, 5) is 19.3. The number of aromatic nitrogens is 4. The molecule has 0 spiro atoms. The van der Waals surface area contributed by atoms with E-state index in [9.17, 15) is 4.79 Å². The van der Waals surface area contributed by atoms with Crippen LogP contribution >= 0.6 is 0 Å². The summed E-state index contributed by atoms with van der Waals surface area (Å²) >= 11 is 0. The maximum atomic E-state index is 12.8. The van der Waals surface area contributed by atoms with Crippen LogP contribution in [-0.2, 0) is 13.0 Å². The maximum absolute atomic E-state index is 12.8. The molecule has 0 unspecified atom stereocenters. The first-order valence-corrected chi connectivity index (χ1v) is 8.63. The monoisotopic (exact) mass is 343 g/mol. The minimum absolute atomic E-state index is 0.0844. The van der Waals surface area contributed by atoms with Gasteiger partial charge in [0.1, 0.15) is 5.65 Å². The fourth-order valence-electron chi connectivity index (χ4n) is 3.58. The van der Waals surface area contributed by atoms with E-state index < -0.39 is 0 Å². The molecule has 4 aromatic rings. The normalized spacial score (nSPS) is 13.5. The average Bonchev–Trinajstić information content (AvgIpc) is 3.39. The van der Waals surface area contributed by atoms with Crippen LogP contribution in [0.2, 0.25) is 0 Å². The number of nitrogens with zero attached hydrogens (tertiary/aromatic N) is 4. The smallest absolute Gasteiger partial charge is 0.254 e. The van der Waals surface area contributed by atoms with Crippen LogP contribution in [0.25, 0.3) is 16.9 Å². The molecular weight excluding hydrogens is 326 g/mol. The molecule has 128 valence electrons. The van der Waals surface area contributed by atoms with Gasteiger partial charge in [-0.05, 0) is 29.8 Å². The highest BCUT2D eigenvalue weighted by molar-refractivity contribution is 6.00. The van der Waals surface area contributed by atoms with Crippen LogP contribution in [0, 0.1) is 0 Å². The Kier molecular flexibility index (Phi) is 3.35. The first-order valence-electron chi connectivity index (χ1n) is 8.63. The van der Waals surface area contributed by atoms with Crippen molar-refractivity contribution < 1.29 is 4.79 Å². The standard InChI is InChI=1S/C20H17N5O/c26-20-16-5-3-4-15(18-7-9-21-23-18)17(16)13-25(20)11-8-14-12-24-10-2-1-6-19(24)22-14/h1-7,9-10,12H,8,11,13H2,(H,21,23). The van der Waals surface area contributed by atoms with E-state index in [1.165, 1.54) is 0 Å². The molecule has 0 saturated carbocycles. The van der Waals surface area contributed by atoms with Gasteiger partial charge in [0, 0.05) is 49.2 Å². The quantitative estimate of drug-likeness (QED) is 0.619. The number of benzene rings is 1. The highest BCUT2D eigenvalue weighted by atomic mass is 16.2. The minimum atomic E-state index is 0.0844. The molecule has 0 radical (unpaired) electrons. The van der Waals surface area contributed by atoms with Gasteiger partial charge >= 0.3 is 0 Å². The third-order valence-corrected chi connectivity index (χ3v) is 4.87. The lowest BCUT2D eigenvalue weighted by atomic mass is 10.0. The van der Waals surface area contributed by atoms with Gasteiger partial charge in [0.05, 0.1) is 11.4 Å². The van der Waals surface area contributed by atoms with Crippen LogP contribution in [0.4, 0.5) is 0 Å². The van der Waals surface area contributed by atoms with Gasteiger partial charge in [-0.3, -0.25) is 9.89 Å². The summed E-state index contributed by atoms with van der Waals surface area (Å²) in [5.74, 6) is 0.0844. The van der Waals surface area contributed by atoms with Crippen molar-refractivity contribution in [3.8, 4) is 11.3 Å². The first kappa shape index (κ1) is 14.9. The molecule has 0 aliphatic carbocycles.